The molecule has 36 heavy (non-hydrogen) atoms. The summed E-state index contributed by atoms with van der Waals surface area (Å²) in [5.41, 5.74) is 3.37. The summed E-state index contributed by atoms with van der Waals surface area (Å²) >= 11 is 6.26. The van der Waals surface area contributed by atoms with E-state index in [1.165, 1.54) is 25.1 Å². The first-order chi connectivity index (χ1) is 17.0. The van der Waals surface area contributed by atoms with Crippen molar-refractivity contribution in [2.75, 3.05) is 10.8 Å². The lowest BCUT2D eigenvalue weighted by atomic mass is 10.1. The average molecular weight is 527 g/mol. The van der Waals surface area contributed by atoms with Gasteiger partial charge >= 0.3 is 5.97 Å². The summed E-state index contributed by atoms with van der Waals surface area (Å²) in [5, 5.41) is 12.2. The molecule has 0 fully saturated rings. The zero-order valence-electron chi connectivity index (χ0n) is 20.2. The van der Waals surface area contributed by atoms with Crippen LogP contribution in [0.2, 0.25) is 5.02 Å². The smallest absolute Gasteiger partial charge is 0.331 e. The van der Waals surface area contributed by atoms with Crippen molar-refractivity contribution < 1.29 is 23.1 Å². The zero-order valence-corrected chi connectivity index (χ0v) is 21.7. The molecule has 9 heteroatoms. The molecule has 0 unspecified atom stereocenters. The number of carbonyl (C=O) groups excluding carboxylic acids is 1. The Morgan fingerprint density at radius 2 is 1.69 bits per heavy atom. The molecule has 0 aliphatic rings. The molecular formula is C27H27ClN2O5S. The van der Waals surface area contributed by atoms with E-state index in [2.05, 4.69) is 5.32 Å². The molecule has 0 spiro atoms. The zero-order chi connectivity index (χ0) is 26.5. The van der Waals surface area contributed by atoms with Crippen LogP contribution in [0.1, 0.15) is 29.2 Å². The molecule has 3 aromatic carbocycles. The second-order valence-corrected chi connectivity index (χ2v) is 10.6. The molecule has 3 rings (SSSR count). The van der Waals surface area contributed by atoms with E-state index in [4.69, 9.17) is 16.7 Å². The number of aliphatic carboxylic acids is 1. The van der Waals surface area contributed by atoms with Gasteiger partial charge in [0.05, 0.1) is 10.6 Å². The minimum Gasteiger partial charge on any atom is -0.478 e. The average Bonchev–Trinajstić information content (AvgIpc) is 2.83. The van der Waals surface area contributed by atoms with E-state index in [1.807, 2.05) is 6.92 Å². The van der Waals surface area contributed by atoms with Crippen LogP contribution >= 0.6 is 11.6 Å². The van der Waals surface area contributed by atoms with Crippen LogP contribution in [0.25, 0.3) is 6.08 Å². The fourth-order valence-electron chi connectivity index (χ4n) is 3.49. The number of halogens is 1. The summed E-state index contributed by atoms with van der Waals surface area (Å²) in [6.07, 6.45) is 1.53. The highest BCUT2D eigenvalue weighted by Crippen LogP contribution is 2.30. The van der Waals surface area contributed by atoms with Gasteiger partial charge in [-0.3, -0.25) is 9.10 Å². The molecule has 1 amide bonds. The van der Waals surface area contributed by atoms with Crippen molar-refractivity contribution in [3.63, 3.8) is 0 Å². The van der Waals surface area contributed by atoms with Gasteiger partial charge in [0, 0.05) is 17.1 Å². The van der Waals surface area contributed by atoms with Gasteiger partial charge in [-0.1, -0.05) is 53.6 Å². The van der Waals surface area contributed by atoms with Crippen LogP contribution in [0.5, 0.6) is 0 Å². The Hall–Kier alpha value is -3.62. The third-order valence-electron chi connectivity index (χ3n) is 5.57. The van der Waals surface area contributed by atoms with Gasteiger partial charge in [-0.15, -0.1) is 0 Å². The molecule has 0 radical (unpaired) electrons. The molecule has 0 heterocycles. The molecule has 0 aliphatic heterocycles. The molecule has 7 nitrogen and oxygen atoms in total. The van der Waals surface area contributed by atoms with Gasteiger partial charge in [-0.05, 0) is 73.9 Å². The molecule has 2 N–H and O–H groups in total. The number of hydrogen-bond donors (Lipinski definition) is 2. The Kier molecular flexibility index (Phi) is 8.55. The number of aryl methyl sites for hydroxylation is 1. The summed E-state index contributed by atoms with van der Waals surface area (Å²) in [7, 11) is -4.07. The first-order valence-corrected chi connectivity index (χ1v) is 12.9. The predicted molar refractivity (Wildman–Crippen MR) is 141 cm³/mol. The lowest BCUT2D eigenvalue weighted by Gasteiger charge is -2.26. The maximum absolute atomic E-state index is 13.6. The van der Waals surface area contributed by atoms with E-state index < -0.39 is 28.4 Å². The number of amides is 1. The van der Waals surface area contributed by atoms with E-state index >= 15 is 0 Å². The lowest BCUT2D eigenvalue weighted by molar-refractivity contribution is -0.132. The Balaban J connectivity index is 1.85. The summed E-state index contributed by atoms with van der Waals surface area (Å²) in [5.74, 6) is -1.52. The SMILES string of the molecule is CC(=Cc1cccc(CNC(=O)CN(c2cccc(Cl)c2C)S(=O)(=O)c2ccc(C)cc2)c1)C(=O)O. The summed E-state index contributed by atoms with van der Waals surface area (Å²) < 4.78 is 28.2. The van der Waals surface area contributed by atoms with Crippen molar-refractivity contribution in [2.24, 2.45) is 0 Å². The Morgan fingerprint density at radius 3 is 2.36 bits per heavy atom. The highest BCUT2D eigenvalue weighted by atomic mass is 35.5. The number of rotatable bonds is 9. The van der Waals surface area contributed by atoms with Gasteiger partial charge in [0.15, 0.2) is 0 Å². The topological polar surface area (TPSA) is 104 Å². The maximum atomic E-state index is 13.6. The number of sulfonamides is 1. The molecular weight excluding hydrogens is 500 g/mol. The number of nitrogens with zero attached hydrogens (tertiary/aromatic N) is 1. The van der Waals surface area contributed by atoms with Gasteiger partial charge in [-0.25, -0.2) is 13.2 Å². The third kappa shape index (κ3) is 6.53. The molecule has 0 saturated heterocycles. The van der Waals surface area contributed by atoms with Crippen LogP contribution in [0.3, 0.4) is 0 Å². The predicted octanol–water partition coefficient (Wildman–Crippen LogP) is 4.96. The quantitative estimate of drug-likeness (QED) is 0.384. The lowest BCUT2D eigenvalue weighted by Crippen LogP contribution is -2.41. The van der Waals surface area contributed by atoms with Gasteiger partial charge < -0.3 is 10.4 Å². The van der Waals surface area contributed by atoms with E-state index in [1.54, 1.807) is 61.5 Å². The van der Waals surface area contributed by atoms with Crippen LogP contribution in [0, 0.1) is 13.8 Å². The first kappa shape index (κ1) is 27.0. The van der Waals surface area contributed by atoms with E-state index in [9.17, 15) is 18.0 Å². The van der Waals surface area contributed by atoms with Crippen LogP contribution < -0.4 is 9.62 Å². The van der Waals surface area contributed by atoms with Gasteiger partial charge in [0.2, 0.25) is 5.91 Å². The van der Waals surface area contributed by atoms with Crippen LogP contribution in [0.15, 0.2) is 77.2 Å². The van der Waals surface area contributed by atoms with Gasteiger partial charge in [0.25, 0.3) is 10.0 Å². The summed E-state index contributed by atoms with van der Waals surface area (Å²) in [6.45, 7) is 4.74. The molecule has 0 aromatic heterocycles. The normalized spacial score (nSPS) is 11.7. The molecule has 0 aliphatic carbocycles. The number of hydrogen-bond acceptors (Lipinski definition) is 4. The Bertz CT molecular complexity index is 1420. The minimum atomic E-state index is -4.07. The fraction of sp³-hybridized carbons (Fsp3) is 0.185. The molecule has 0 atom stereocenters. The molecule has 3 aromatic rings. The minimum absolute atomic E-state index is 0.0635. The second-order valence-electron chi connectivity index (χ2n) is 8.36. The highest BCUT2D eigenvalue weighted by molar-refractivity contribution is 7.92. The van der Waals surface area contributed by atoms with Crippen LogP contribution in [-0.4, -0.2) is 31.9 Å². The van der Waals surface area contributed by atoms with Crippen LogP contribution in [-0.2, 0) is 26.2 Å². The highest BCUT2D eigenvalue weighted by Gasteiger charge is 2.28. The molecule has 188 valence electrons. The van der Waals surface area contributed by atoms with E-state index in [0.29, 0.717) is 21.8 Å². The summed E-state index contributed by atoms with van der Waals surface area (Å²) in [4.78, 5) is 24.1. The van der Waals surface area contributed by atoms with Gasteiger partial charge in [0.1, 0.15) is 6.54 Å². The van der Waals surface area contributed by atoms with Crippen molar-refractivity contribution in [1.29, 1.82) is 0 Å². The fourth-order valence-corrected chi connectivity index (χ4v) is 5.14. The largest absolute Gasteiger partial charge is 0.478 e. The summed E-state index contributed by atoms with van der Waals surface area (Å²) in [6, 6.07) is 18.4. The van der Waals surface area contributed by atoms with Gasteiger partial charge in [-0.2, -0.15) is 0 Å². The van der Waals surface area contributed by atoms with E-state index in [-0.39, 0.29) is 17.0 Å². The number of benzene rings is 3. The van der Waals surface area contributed by atoms with Crippen LogP contribution in [0.4, 0.5) is 5.69 Å². The van der Waals surface area contributed by atoms with Crippen molar-refractivity contribution in [3.8, 4) is 0 Å². The Morgan fingerprint density at radius 1 is 1.03 bits per heavy atom. The monoisotopic (exact) mass is 526 g/mol. The van der Waals surface area contributed by atoms with Crippen molar-refractivity contribution in [1.82, 2.24) is 5.32 Å². The van der Waals surface area contributed by atoms with Crippen molar-refractivity contribution >= 4 is 45.3 Å². The first-order valence-electron chi connectivity index (χ1n) is 11.1. The second kappa shape index (κ2) is 11.4. The van der Waals surface area contributed by atoms with E-state index in [0.717, 1.165) is 15.4 Å². The number of carbonyl (C=O) groups is 2. The molecule has 0 saturated carbocycles. The number of carboxylic acid groups (broad SMARTS) is 1. The standard InChI is InChI=1S/C27H27ClN2O5S/c1-18-10-12-23(13-11-18)36(34,35)30(25-9-5-8-24(28)20(25)3)17-26(31)29-16-22-7-4-6-21(15-22)14-19(2)27(32)33/h4-15H,16-17H2,1-3H3,(H,29,31)(H,32,33). The molecule has 0 bridgehead atoms. The Labute approximate surface area is 216 Å². The van der Waals surface area contributed by atoms with Crippen molar-refractivity contribution in [2.45, 2.75) is 32.2 Å². The third-order valence-corrected chi connectivity index (χ3v) is 7.75. The maximum Gasteiger partial charge on any atom is 0.331 e. The number of anilines is 1. The van der Waals surface area contributed by atoms with Crippen molar-refractivity contribution in [3.05, 3.63) is 99.6 Å². The number of nitrogens with one attached hydrogen (secondary N) is 1. The number of carboxylic acids is 1.